The van der Waals surface area contributed by atoms with Crippen LogP contribution < -0.4 is 19.6 Å². The molecule has 3 aromatic rings. The molecule has 4 unspecified atom stereocenters. The van der Waals surface area contributed by atoms with Gasteiger partial charge in [0.25, 0.3) is 0 Å². The zero-order chi connectivity index (χ0) is 28.0. The number of hydrogen-bond acceptors (Lipinski definition) is 12. The molecule has 4 atom stereocenters. The van der Waals surface area contributed by atoms with Gasteiger partial charge in [-0.1, -0.05) is 6.92 Å². The number of phenolic OH excluding ortho intramolecular Hbond substituents is 2. The van der Waals surface area contributed by atoms with Gasteiger partial charge in [-0.05, 0) is 31.5 Å². The summed E-state index contributed by atoms with van der Waals surface area (Å²) in [5.41, 5.74) is -0.333. The number of rotatable bonds is 13. The largest absolute Gasteiger partial charge is 0.504 e. The van der Waals surface area contributed by atoms with E-state index >= 15 is 0 Å². The number of phenols is 2. The molecule has 0 saturated heterocycles. The lowest BCUT2D eigenvalue weighted by Gasteiger charge is -2.28. The maximum absolute atomic E-state index is 13.5. The Morgan fingerprint density at radius 1 is 1.03 bits per heavy atom. The molecule has 0 saturated carbocycles. The third-order valence-electron chi connectivity index (χ3n) is 5.58. The molecule has 0 aliphatic heterocycles. The van der Waals surface area contributed by atoms with E-state index in [1.807, 2.05) is 6.92 Å². The maximum atomic E-state index is 13.5. The van der Waals surface area contributed by atoms with Crippen molar-refractivity contribution in [3.05, 3.63) is 40.6 Å². The van der Waals surface area contributed by atoms with Gasteiger partial charge in [0.2, 0.25) is 17.5 Å². The Kier molecular flexibility index (Phi) is 9.78. The summed E-state index contributed by atoms with van der Waals surface area (Å²) >= 11 is 0. The molecule has 2 aromatic carbocycles. The summed E-state index contributed by atoms with van der Waals surface area (Å²) in [7, 11) is 1.32. The number of aromatic hydroxyl groups is 2. The third kappa shape index (κ3) is 6.29. The number of methoxy groups -OCH3 is 1. The van der Waals surface area contributed by atoms with E-state index in [4.69, 9.17) is 23.4 Å². The molecule has 3 rings (SSSR count). The molecule has 0 bridgehead atoms. The molecule has 1 heterocycles. The zero-order valence-corrected chi connectivity index (χ0v) is 21.2. The van der Waals surface area contributed by atoms with Crippen LogP contribution in [0.2, 0.25) is 0 Å². The van der Waals surface area contributed by atoms with E-state index in [0.29, 0.717) is 6.42 Å². The Morgan fingerprint density at radius 3 is 2.34 bits per heavy atom. The van der Waals surface area contributed by atoms with Gasteiger partial charge < -0.3 is 54.0 Å². The van der Waals surface area contributed by atoms with Gasteiger partial charge >= 0.3 is 0 Å². The third-order valence-corrected chi connectivity index (χ3v) is 5.58. The SMILES string of the molecule is CCCOc1c(-c2ccc(O)c(O)c2)oc2cc(OC(OC(CO)C(C)O)C(O)CO)cc(OC)c2c1=O. The Labute approximate surface area is 217 Å². The monoisotopic (exact) mass is 536 g/mol. The first-order valence-corrected chi connectivity index (χ1v) is 11.9. The summed E-state index contributed by atoms with van der Waals surface area (Å²) < 4.78 is 28.3. The molecule has 38 heavy (non-hydrogen) atoms. The fourth-order valence-electron chi connectivity index (χ4n) is 3.56. The van der Waals surface area contributed by atoms with Crippen LogP contribution in [-0.4, -0.2) is 82.2 Å². The van der Waals surface area contributed by atoms with E-state index in [2.05, 4.69) is 0 Å². The lowest BCUT2D eigenvalue weighted by molar-refractivity contribution is -0.205. The Morgan fingerprint density at radius 2 is 1.76 bits per heavy atom. The molecule has 0 fully saturated rings. The van der Waals surface area contributed by atoms with Gasteiger partial charge in [-0.3, -0.25) is 4.79 Å². The Balaban J connectivity index is 2.18. The molecule has 12 nitrogen and oxygen atoms in total. The molecule has 0 amide bonds. The average Bonchev–Trinajstić information content (AvgIpc) is 2.90. The van der Waals surface area contributed by atoms with Crippen molar-refractivity contribution in [2.75, 3.05) is 26.9 Å². The van der Waals surface area contributed by atoms with Crippen molar-refractivity contribution >= 4 is 11.0 Å². The molecule has 208 valence electrons. The van der Waals surface area contributed by atoms with E-state index in [1.54, 1.807) is 0 Å². The Bertz CT molecular complexity index is 1290. The normalized spacial score (nSPS) is 14.6. The van der Waals surface area contributed by atoms with E-state index < -0.39 is 49.0 Å². The minimum atomic E-state index is -1.56. The van der Waals surface area contributed by atoms with Crippen molar-refractivity contribution in [1.82, 2.24) is 0 Å². The molecular formula is C26H32O12. The molecule has 0 spiro atoms. The maximum Gasteiger partial charge on any atom is 0.239 e. The highest BCUT2D eigenvalue weighted by Crippen LogP contribution is 2.39. The van der Waals surface area contributed by atoms with Gasteiger partial charge in [-0.25, -0.2) is 0 Å². The van der Waals surface area contributed by atoms with Gasteiger partial charge in [0.15, 0.2) is 17.3 Å². The van der Waals surface area contributed by atoms with Gasteiger partial charge in [0.1, 0.15) is 34.7 Å². The number of benzene rings is 2. The van der Waals surface area contributed by atoms with Crippen molar-refractivity contribution in [1.29, 1.82) is 0 Å². The van der Waals surface area contributed by atoms with Crippen LogP contribution in [0.5, 0.6) is 28.7 Å². The second kappa shape index (κ2) is 12.8. The number of aliphatic hydroxyl groups excluding tert-OH is 4. The van der Waals surface area contributed by atoms with Gasteiger partial charge in [0.05, 0.1) is 33.0 Å². The van der Waals surface area contributed by atoms with E-state index in [-0.39, 0.29) is 51.9 Å². The summed E-state index contributed by atoms with van der Waals surface area (Å²) in [6.45, 7) is 2.09. The van der Waals surface area contributed by atoms with E-state index in [9.17, 15) is 35.4 Å². The van der Waals surface area contributed by atoms with Crippen molar-refractivity contribution in [2.45, 2.75) is 44.9 Å². The predicted molar refractivity (Wildman–Crippen MR) is 135 cm³/mol. The van der Waals surface area contributed by atoms with Crippen LogP contribution in [0.1, 0.15) is 20.3 Å². The minimum absolute atomic E-state index is 0.000914. The summed E-state index contributed by atoms with van der Waals surface area (Å²) in [4.78, 5) is 13.5. The average molecular weight is 537 g/mol. The number of ether oxygens (including phenoxy) is 4. The van der Waals surface area contributed by atoms with Gasteiger partial charge in [0, 0.05) is 17.7 Å². The van der Waals surface area contributed by atoms with Crippen molar-refractivity contribution in [3.63, 3.8) is 0 Å². The molecule has 0 radical (unpaired) electrons. The van der Waals surface area contributed by atoms with Crippen LogP contribution in [0.3, 0.4) is 0 Å². The van der Waals surface area contributed by atoms with Gasteiger partial charge in [-0.2, -0.15) is 0 Å². The van der Waals surface area contributed by atoms with E-state index in [0.717, 1.165) is 0 Å². The molecule has 12 heteroatoms. The van der Waals surface area contributed by atoms with Crippen LogP contribution in [0.25, 0.3) is 22.3 Å². The fraction of sp³-hybridized carbons (Fsp3) is 0.423. The first-order chi connectivity index (χ1) is 18.1. The second-order valence-corrected chi connectivity index (χ2v) is 8.47. The van der Waals surface area contributed by atoms with Crippen LogP contribution in [0.4, 0.5) is 0 Å². The lowest BCUT2D eigenvalue weighted by atomic mass is 10.1. The van der Waals surface area contributed by atoms with Crippen LogP contribution in [0.15, 0.2) is 39.5 Å². The summed E-state index contributed by atoms with van der Waals surface area (Å²) in [5.74, 6) is -0.912. The van der Waals surface area contributed by atoms with Crippen molar-refractivity contribution < 1.29 is 54.0 Å². The first kappa shape index (κ1) is 29.0. The summed E-state index contributed by atoms with van der Waals surface area (Å²) in [6, 6.07) is 6.54. The van der Waals surface area contributed by atoms with Crippen LogP contribution in [0, 0.1) is 0 Å². The van der Waals surface area contributed by atoms with Crippen LogP contribution >= 0.6 is 0 Å². The van der Waals surface area contributed by atoms with Crippen molar-refractivity contribution in [2.24, 2.45) is 0 Å². The Hall–Kier alpha value is -3.55. The minimum Gasteiger partial charge on any atom is -0.504 e. The highest BCUT2D eigenvalue weighted by molar-refractivity contribution is 5.88. The molecular weight excluding hydrogens is 504 g/mol. The topological polar surface area (TPSA) is 189 Å². The van der Waals surface area contributed by atoms with Crippen LogP contribution in [-0.2, 0) is 4.74 Å². The van der Waals surface area contributed by atoms with Gasteiger partial charge in [-0.15, -0.1) is 0 Å². The fourth-order valence-corrected chi connectivity index (χ4v) is 3.56. The molecule has 0 aliphatic carbocycles. The zero-order valence-electron chi connectivity index (χ0n) is 21.2. The number of aliphatic hydroxyl groups is 4. The number of hydrogen-bond donors (Lipinski definition) is 6. The first-order valence-electron chi connectivity index (χ1n) is 11.9. The molecule has 6 N–H and O–H groups in total. The highest BCUT2D eigenvalue weighted by Gasteiger charge is 2.29. The standard InChI is InChI=1S/C26H32O12/c1-4-7-35-25-23(33)22-19(34-3)9-15(36-26(18(32)11-27)38-21(12-28)13(2)29)10-20(22)37-24(25)14-5-6-16(30)17(31)8-14/h5-6,8-10,13,18,21,26-32H,4,7,11-12H2,1-3H3. The molecule has 0 aliphatic rings. The van der Waals surface area contributed by atoms with Crippen molar-refractivity contribution in [3.8, 4) is 40.1 Å². The smallest absolute Gasteiger partial charge is 0.239 e. The van der Waals surface area contributed by atoms with E-state index in [1.165, 1.54) is 44.4 Å². The summed E-state index contributed by atoms with van der Waals surface area (Å²) in [6.07, 6.45) is -4.74. The predicted octanol–water partition coefficient (Wildman–Crippen LogP) is 1.48. The molecule has 1 aromatic heterocycles. The number of fused-ring (bicyclic) bond motifs is 1. The lowest BCUT2D eigenvalue weighted by Crippen LogP contribution is -2.43. The second-order valence-electron chi connectivity index (χ2n) is 8.47. The summed E-state index contributed by atoms with van der Waals surface area (Å²) in [5, 5.41) is 58.7. The quantitative estimate of drug-likeness (QED) is 0.137. The highest BCUT2D eigenvalue weighted by atomic mass is 16.7.